The monoisotopic (exact) mass is 175 g/mol. The lowest BCUT2D eigenvalue weighted by molar-refractivity contribution is 0.264. The number of rotatable bonds is 4. The maximum atomic E-state index is 8.67. The Morgan fingerprint density at radius 2 is 2.55 bits per heavy atom. The first kappa shape index (κ1) is 9.36. The third kappa shape index (κ3) is 3.45. The SMILES string of the molecule is C[C@@H](CCO)NC1CCSC1. The molecule has 0 aromatic carbocycles. The molecule has 2 nitrogen and oxygen atoms in total. The van der Waals surface area contributed by atoms with Crippen molar-refractivity contribution in [2.24, 2.45) is 0 Å². The Hall–Kier alpha value is 0.270. The molecule has 1 rings (SSSR count). The Morgan fingerprint density at radius 3 is 3.09 bits per heavy atom. The van der Waals surface area contributed by atoms with E-state index in [4.69, 9.17) is 5.11 Å². The van der Waals surface area contributed by atoms with Crippen LogP contribution in [0.1, 0.15) is 19.8 Å². The van der Waals surface area contributed by atoms with Gasteiger partial charge in [-0.2, -0.15) is 11.8 Å². The quantitative estimate of drug-likeness (QED) is 0.664. The van der Waals surface area contributed by atoms with Gasteiger partial charge in [0.05, 0.1) is 0 Å². The van der Waals surface area contributed by atoms with Gasteiger partial charge in [0, 0.05) is 24.4 Å². The molecule has 1 unspecified atom stereocenters. The Balaban J connectivity index is 2.08. The van der Waals surface area contributed by atoms with Crippen molar-refractivity contribution in [3.05, 3.63) is 0 Å². The number of aliphatic hydroxyl groups excluding tert-OH is 1. The van der Waals surface area contributed by atoms with E-state index in [0.717, 1.165) is 6.42 Å². The second-order valence-electron chi connectivity index (χ2n) is 3.14. The molecule has 1 aliphatic rings. The van der Waals surface area contributed by atoms with Gasteiger partial charge in [0.2, 0.25) is 0 Å². The van der Waals surface area contributed by atoms with Gasteiger partial charge in [0.15, 0.2) is 0 Å². The van der Waals surface area contributed by atoms with Crippen molar-refractivity contribution in [2.75, 3.05) is 18.1 Å². The molecule has 11 heavy (non-hydrogen) atoms. The molecule has 0 aromatic heterocycles. The molecule has 1 heterocycles. The summed E-state index contributed by atoms with van der Waals surface area (Å²) in [5.74, 6) is 2.54. The van der Waals surface area contributed by atoms with Crippen LogP contribution < -0.4 is 5.32 Å². The van der Waals surface area contributed by atoms with E-state index in [1.54, 1.807) is 0 Å². The minimum absolute atomic E-state index is 0.300. The van der Waals surface area contributed by atoms with Gasteiger partial charge >= 0.3 is 0 Å². The molecule has 0 radical (unpaired) electrons. The fraction of sp³-hybridized carbons (Fsp3) is 1.00. The van der Waals surface area contributed by atoms with Crippen LogP contribution in [0.5, 0.6) is 0 Å². The Bertz CT molecular complexity index is 104. The zero-order valence-electron chi connectivity index (χ0n) is 7.05. The Kier molecular flexibility index (Phi) is 4.26. The van der Waals surface area contributed by atoms with Crippen molar-refractivity contribution < 1.29 is 5.11 Å². The summed E-state index contributed by atoms with van der Waals surface area (Å²) in [6, 6.07) is 1.17. The molecule has 0 spiro atoms. The van der Waals surface area contributed by atoms with Gasteiger partial charge in [-0.15, -0.1) is 0 Å². The number of hydrogen-bond donors (Lipinski definition) is 2. The standard InChI is InChI=1S/C8H17NOS/c1-7(2-4-10)9-8-3-5-11-6-8/h7-10H,2-6H2,1H3/t7-,8?/m0/s1. The molecule has 2 N–H and O–H groups in total. The minimum Gasteiger partial charge on any atom is -0.396 e. The van der Waals surface area contributed by atoms with Crippen molar-refractivity contribution in [1.29, 1.82) is 0 Å². The summed E-state index contributed by atoms with van der Waals surface area (Å²) >= 11 is 2.02. The van der Waals surface area contributed by atoms with Crippen LogP contribution in [0, 0.1) is 0 Å². The van der Waals surface area contributed by atoms with Gasteiger partial charge in [-0.1, -0.05) is 0 Å². The van der Waals surface area contributed by atoms with Crippen LogP contribution >= 0.6 is 11.8 Å². The highest BCUT2D eigenvalue weighted by Gasteiger charge is 2.16. The number of thioether (sulfide) groups is 1. The molecule has 0 aromatic rings. The van der Waals surface area contributed by atoms with E-state index in [2.05, 4.69) is 12.2 Å². The predicted molar refractivity (Wildman–Crippen MR) is 50.0 cm³/mol. The molecule has 66 valence electrons. The molecule has 0 aliphatic carbocycles. The summed E-state index contributed by atoms with van der Waals surface area (Å²) in [7, 11) is 0. The lowest BCUT2D eigenvalue weighted by Crippen LogP contribution is -2.36. The molecular formula is C8H17NOS. The Labute approximate surface area is 72.8 Å². The first-order chi connectivity index (χ1) is 5.33. The second kappa shape index (κ2) is 5.01. The predicted octanol–water partition coefficient (Wildman–Crippen LogP) is 0.852. The second-order valence-corrected chi connectivity index (χ2v) is 4.29. The van der Waals surface area contributed by atoms with Gasteiger partial charge in [-0.05, 0) is 25.5 Å². The van der Waals surface area contributed by atoms with Crippen LogP contribution in [-0.4, -0.2) is 35.3 Å². The van der Waals surface area contributed by atoms with Crippen LogP contribution in [0.25, 0.3) is 0 Å². The molecule has 0 saturated carbocycles. The Morgan fingerprint density at radius 1 is 1.73 bits per heavy atom. The summed E-state index contributed by atoms with van der Waals surface area (Å²) in [6.07, 6.45) is 2.17. The fourth-order valence-electron chi connectivity index (χ4n) is 1.35. The van der Waals surface area contributed by atoms with E-state index < -0.39 is 0 Å². The summed E-state index contributed by atoms with van der Waals surface area (Å²) in [5, 5.41) is 12.2. The fourth-order valence-corrected chi connectivity index (χ4v) is 2.51. The molecule has 2 atom stereocenters. The van der Waals surface area contributed by atoms with Gasteiger partial charge in [0.25, 0.3) is 0 Å². The van der Waals surface area contributed by atoms with E-state index in [0.29, 0.717) is 18.7 Å². The van der Waals surface area contributed by atoms with Crippen LogP contribution in [0.15, 0.2) is 0 Å². The highest BCUT2D eigenvalue weighted by atomic mass is 32.2. The zero-order valence-corrected chi connectivity index (χ0v) is 7.86. The topological polar surface area (TPSA) is 32.3 Å². The van der Waals surface area contributed by atoms with E-state index >= 15 is 0 Å². The van der Waals surface area contributed by atoms with Gasteiger partial charge in [0.1, 0.15) is 0 Å². The van der Waals surface area contributed by atoms with E-state index in [-0.39, 0.29) is 0 Å². The van der Waals surface area contributed by atoms with Crippen LogP contribution in [0.3, 0.4) is 0 Å². The van der Waals surface area contributed by atoms with Crippen molar-refractivity contribution in [3.63, 3.8) is 0 Å². The van der Waals surface area contributed by atoms with Crippen molar-refractivity contribution >= 4 is 11.8 Å². The third-order valence-corrected chi connectivity index (χ3v) is 3.17. The van der Waals surface area contributed by atoms with E-state index in [1.807, 2.05) is 11.8 Å². The number of aliphatic hydroxyl groups is 1. The molecule has 0 bridgehead atoms. The lowest BCUT2D eigenvalue weighted by Gasteiger charge is -2.17. The van der Waals surface area contributed by atoms with E-state index in [9.17, 15) is 0 Å². The third-order valence-electron chi connectivity index (χ3n) is 2.01. The molecular weight excluding hydrogens is 158 g/mol. The number of nitrogens with one attached hydrogen (secondary N) is 1. The normalized spacial score (nSPS) is 27.3. The average molecular weight is 175 g/mol. The average Bonchev–Trinajstić information content (AvgIpc) is 2.40. The van der Waals surface area contributed by atoms with Gasteiger partial charge in [-0.25, -0.2) is 0 Å². The molecule has 1 fully saturated rings. The molecule has 1 saturated heterocycles. The summed E-state index contributed by atoms with van der Waals surface area (Å²) in [5.41, 5.74) is 0. The minimum atomic E-state index is 0.300. The lowest BCUT2D eigenvalue weighted by atomic mass is 10.2. The first-order valence-electron chi connectivity index (χ1n) is 4.27. The van der Waals surface area contributed by atoms with Gasteiger partial charge in [-0.3, -0.25) is 0 Å². The molecule has 1 aliphatic heterocycles. The van der Waals surface area contributed by atoms with Crippen LogP contribution in [-0.2, 0) is 0 Å². The van der Waals surface area contributed by atoms with Crippen LogP contribution in [0.2, 0.25) is 0 Å². The zero-order chi connectivity index (χ0) is 8.10. The first-order valence-corrected chi connectivity index (χ1v) is 5.43. The van der Waals surface area contributed by atoms with Crippen molar-refractivity contribution in [2.45, 2.75) is 31.8 Å². The van der Waals surface area contributed by atoms with Crippen molar-refractivity contribution in [1.82, 2.24) is 5.32 Å². The van der Waals surface area contributed by atoms with Crippen LogP contribution in [0.4, 0.5) is 0 Å². The summed E-state index contributed by atoms with van der Waals surface area (Å²) < 4.78 is 0. The maximum Gasteiger partial charge on any atom is 0.0445 e. The summed E-state index contributed by atoms with van der Waals surface area (Å²) in [4.78, 5) is 0. The van der Waals surface area contributed by atoms with E-state index in [1.165, 1.54) is 17.9 Å². The maximum absolute atomic E-state index is 8.67. The molecule has 0 amide bonds. The molecule has 3 heteroatoms. The van der Waals surface area contributed by atoms with Gasteiger partial charge < -0.3 is 10.4 Å². The highest BCUT2D eigenvalue weighted by molar-refractivity contribution is 7.99. The number of hydrogen-bond acceptors (Lipinski definition) is 3. The largest absolute Gasteiger partial charge is 0.396 e. The van der Waals surface area contributed by atoms with Crippen molar-refractivity contribution in [3.8, 4) is 0 Å². The highest BCUT2D eigenvalue weighted by Crippen LogP contribution is 2.17. The summed E-state index contributed by atoms with van der Waals surface area (Å²) in [6.45, 7) is 2.44. The smallest absolute Gasteiger partial charge is 0.0445 e.